The van der Waals surface area contributed by atoms with Gasteiger partial charge in [-0.3, -0.25) is 9.05 Å². The first-order valence-corrected chi connectivity index (χ1v) is 9.04. The Bertz CT molecular complexity index is 600. The number of allylic oxidation sites excluding steroid dienone is 4. The van der Waals surface area contributed by atoms with Crippen molar-refractivity contribution in [3.05, 3.63) is 35.2 Å². The summed E-state index contributed by atoms with van der Waals surface area (Å²) in [6.45, 7) is 8.43. The zero-order valence-electron chi connectivity index (χ0n) is 14.4. The van der Waals surface area contributed by atoms with E-state index in [2.05, 4.69) is 43.2 Å². The molecular formula is C15H23N3O4P2. The Morgan fingerprint density at radius 1 is 1.25 bits per heavy atom. The smallest absolute Gasteiger partial charge is 0.259 e. The third-order valence-corrected chi connectivity index (χ3v) is 4.19. The minimum atomic E-state index is -1.29. The number of hydrogen-bond acceptors (Lipinski definition) is 6. The van der Waals surface area contributed by atoms with Crippen LogP contribution in [0.2, 0.25) is 0 Å². The molecule has 0 atom stereocenters. The molecule has 132 valence electrons. The summed E-state index contributed by atoms with van der Waals surface area (Å²) in [7, 11) is -1.10. The number of nitrogens with zero attached hydrogens (tertiary/aromatic N) is 3. The topological polar surface area (TPSA) is 83.3 Å². The second kappa shape index (κ2) is 10.6. The van der Waals surface area contributed by atoms with E-state index in [1.165, 1.54) is 18.1 Å². The molecule has 0 saturated carbocycles. The highest BCUT2D eigenvalue weighted by Gasteiger charge is 2.29. The van der Waals surface area contributed by atoms with Gasteiger partial charge < -0.3 is 0 Å². The maximum atomic E-state index is 10.6. The van der Waals surface area contributed by atoms with Gasteiger partial charge in [0, 0.05) is 12.6 Å². The van der Waals surface area contributed by atoms with Crippen molar-refractivity contribution in [1.82, 2.24) is 15.0 Å². The summed E-state index contributed by atoms with van der Waals surface area (Å²) in [4.78, 5) is 0. The Kier molecular flexibility index (Phi) is 9.16. The van der Waals surface area contributed by atoms with Crippen LogP contribution in [-0.4, -0.2) is 20.8 Å². The molecule has 0 spiro atoms. The average molecular weight is 371 g/mol. The summed E-state index contributed by atoms with van der Waals surface area (Å²) < 4.78 is 32.8. The van der Waals surface area contributed by atoms with Gasteiger partial charge in [-0.1, -0.05) is 28.5 Å². The molecule has 0 N–H and O–H groups in total. The van der Waals surface area contributed by atoms with Crippen molar-refractivity contribution in [2.75, 3.05) is 0 Å². The van der Waals surface area contributed by atoms with Crippen molar-refractivity contribution in [3.8, 4) is 0 Å². The highest BCUT2D eigenvalue weighted by molar-refractivity contribution is 7.18. The molecule has 1 aromatic heterocycles. The minimum Gasteiger partial charge on any atom is -0.259 e. The van der Waals surface area contributed by atoms with E-state index in [1.807, 2.05) is 0 Å². The normalized spacial score (nSPS) is 14.8. The van der Waals surface area contributed by atoms with Crippen LogP contribution in [0.3, 0.4) is 0 Å². The standard InChI is InChI=1S/C15H23N3O4P2/c1-12(2)6-5-7-13(3)8-9-18-11-14(16-17-18)10-15(4,21-23-19)22-24-20/h6,8,11H,5,7,9-10H2,1-4H3/b13-8-. The van der Waals surface area contributed by atoms with Gasteiger partial charge in [0.25, 0.3) is 0 Å². The maximum absolute atomic E-state index is 10.6. The van der Waals surface area contributed by atoms with Gasteiger partial charge in [0.05, 0.1) is 12.2 Å². The van der Waals surface area contributed by atoms with Crippen molar-refractivity contribution in [1.29, 1.82) is 0 Å². The van der Waals surface area contributed by atoms with Gasteiger partial charge in [-0.2, -0.15) is 0 Å². The van der Waals surface area contributed by atoms with Crippen LogP contribution in [0.5, 0.6) is 0 Å². The Hall–Kier alpha value is -1.26. The summed E-state index contributed by atoms with van der Waals surface area (Å²) in [6, 6.07) is 0. The van der Waals surface area contributed by atoms with Gasteiger partial charge in [0.1, 0.15) is 0 Å². The lowest BCUT2D eigenvalue weighted by molar-refractivity contribution is -0.0805. The molecule has 0 aliphatic rings. The van der Waals surface area contributed by atoms with Gasteiger partial charge >= 0.3 is 17.4 Å². The molecule has 0 aromatic carbocycles. The molecule has 1 heterocycles. The fourth-order valence-corrected chi connectivity index (χ4v) is 2.59. The molecule has 0 aliphatic carbocycles. The largest absolute Gasteiger partial charge is 0.330 e. The quantitative estimate of drug-likeness (QED) is 0.319. The fourth-order valence-electron chi connectivity index (χ4n) is 2.02. The average Bonchev–Trinajstić information content (AvgIpc) is 2.92. The summed E-state index contributed by atoms with van der Waals surface area (Å²) in [5.74, 6) is -1.29. The van der Waals surface area contributed by atoms with E-state index in [0.717, 1.165) is 12.8 Å². The molecule has 0 unspecified atom stereocenters. The molecule has 1 aromatic rings. The second-order valence-corrected chi connectivity index (χ2v) is 6.61. The van der Waals surface area contributed by atoms with Crippen LogP contribution in [0.15, 0.2) is 29.5 Å². The first kappa shape index (κ1) is 20.8. The SMILES string of the molecule is CC(C)=CCC/C(C)=C\Cn1cc(CC(C)(OP=O)OP=O)nn1. The molecule has 7 nitrogen and oxygen atoms in total. The Morgan fingerprint density at radius 3 is 2.50 bits per heavy atom. The predicted molar refractivity (Wildman–Crippen MR) is 91.9 cm³/mol. The lowest BCUT2D eigenvalue weighted by Gasteiger charge is -2.20. The maximum Gasteiger partial charge on any atom is 0.330 e. The van der Waals surface area contributed by atoms with Gasteiger partial charge in [-0.05, 0) is 40.5 Å². The second-order valence-electron chi connectivity index (χ2n) is 5.94. The lowest BCUT2D eigenvalue weighted by atomic mass is 10.1. The van der Waals surface area contributed by atoms with Crippen molar-refractivity contribution in [2.24, 2.45) is 0 Å². The van der Waals surface area contributed by atoms with Crippen LogP contribution < -0.4 is 0 Å². The molecular weight excluding hydrogens is 348 g/mol. The number of hydrogen-bond donors (Lipinski definition) is 0. The van der Waals surface area contributed by atoms with Crippen molar-refractivity contribution < 1.29 is 18.2 Å². The van der Waals surface area contributed by atoms with Gasteiger partial charge in [-0.15, -0.1) is 5.10 Å². The molecule has 1 rings (SSSR count). The van der Waals surface area contributed by atoms with Crippen LogP contribution in [0.1, 0.15) is 46.2 Å². The molecule has 0 aliphatic heterocycles. The van der Waals surface area contributed by atoms with Crippen LogP contribution in [0, 0.1) is 0 Å². The number of rotatable bonds is 11. The van der Waals surface area contributed by atoms with Crippen LogP contribution in [0.25, 0.3) is 0 Å². The summed E-state index contributed by atoms with van der Waals surface area (Å²) in [5.41, 5.74) is 3.21. The first-order valence-electron chi connectivity index (χ1n) is 7.58. The van der Waals surface area contributed by atoms with E-state index >= 15 is 0 Å². The van der Waals surface area contributed by atoms with Crippen molar-refractivity contribution in [3.63, 3.8) is 0 Å². The first-order chi connectivity index (χ1) is 11.4. The monoisotopic (exact) mass is 371 g/mol. The molecule has 24 heavy (non-hydrogen) atoms. The molecule has 0 radical (unpaired) electrons. The number of aromatic nitrogens is 3. The summed E-state index contributed by atoms with van der Waals surface area (Å²) >= 11 is 0. The highest BCUT2D eigenvalue weighted by Crippen LogP contribution is 2.26. The third kappa shape index (κ3) is 8.02. The molecule has 9 heteroatoms. The summed E-state index contributed by atoms with van der Waals surface area (Å²) in [5, 5.41) is 8.07. The van der Waals surface area contributed by atoms with Crippen molar-refractivity contribution in [2.45, 2.75) is 59.3 Å². The van der Waals surface area contributed by atoms with Crippen molar-refractivity contribution >= 4 is 17.4 Å². The summed E-state index contributed by atoms with van der Waals surface area (Å²) in [6.07, 6.45) is 8.31. The van der Waals surface area contributed by atoms with Gasteiger partial charge in [0.15, 0.2) is 5.79 Å². The highest BCUT2D eigenvalue weighted by atomic mass is 31.1. The Balaban J connectivity index is 2.60. The fraction of sp³-hybridized carbons (Fsp3) is 0.600. The molecule has 0 fully saturated rings. The minimum absolute atomic E-state index is 0.181. The van der Waals surface area contributed by atoms with Gasteiger partial charge in [0.2, 0.25) is 0 Å². The molecule has 0 amide bonds. The van der Waals surface area contributed by atoms with E-state index in [0.29, 0.717) is 12.2 Å². The van der Waals surface area contributed by atoms with Crippen LogP contribution in [-0.2, 0) is 31.1 Å². The van der Waals surface area contributed by atoms with E-state index in [1.54, 1.807) is 10.9 Å². The van der Waals surface area contributed by atoms with E-state index in [4.69, 9.17) is 9.05 Å². The lowest BCUT2D eigenvalue weighted by Crippen LogP contribution is -2.29. The zero-order valence-corrected chi connectivity index (χ0v) is 16.2. The van der Waals surface area contributed by atoms with E-state index in [-0.39, 0.29) is 6.42 Å². The van der Waals surface area contributed by atoms with Crippen LogP contribution >= 0.6 is 17.4 Å². The van der Waals surface area contributed by atoms with Crippen LogP contribution in [0.4, 0.5) is 0 Å². The third-order valence-electron chi connectivity index (χ3n) is 3.27. The van der Waals surface area contributed by atoms with Gasteiger partial charge in [-0.25, -0.2) is 13.8 Å². The Morgan fingerprint density at radius 2 is 1.92 bits per heavy atom. The van der Waals surface area contributed by atoms with E-state index < -0.39 is 23.2 Å². The zero-order chi connectivity index (χ0) is 18.0. The van der Waals surface area contributed by atoms with E-state index in [9.17, 15) is 9.13 Å². The molecule has 0 saturated heterocycles. The predicted octanol–water partition coefficient (Wildman–Crippen LogP) is 4.68. The molecule has 0 bridgehead atoms. The Labute approximate surface area is 145 Å².